The average Bonchev–Trinajstić information content (AvgIpc) is 2.86. The summed E-state index contributed by atoms with van der Waals surface area (Å²) in [6.45, 7) is 1.13. The Hall–Kier alpha value is -0.900. The Labute approximate surface area is 89.9 Å². The molecule has 0 bridgehead atoms. The lowest BCUT2D eigenvalue weighted by molar-refractivity contribution is 0.257. The maximum atomic E-state index is 5.78. The number of hydrogen-bond donors (Lipinski definition) is 1. The van der Waals surface area contributed by atoms with Crippen LogP contribution in [0, 0.1) is 11.8 Å². The second-order valence-corrected chi connectivity index (χ2v) is 5.14. The zero-order valence-corrected chi connectivity index (χ0v) is 8.97. The highest BCUT2D eigenvalue weighted by Crippen LogP contribution is 2.32. The minimum atomic E-state index is 0.440. The van der Waals surface area contributed by atoms with Crippen molar-refractivity contribution in [1.82, 2.24) is 14.8 Å². The molecule has 2 aliphatic rings. The molecule has 0 aromatic carbocycles. The third-order valence-electron chi connectivity index (χ3n) is 3.59. The zero-order chi connectivity index (χ0) is 10.3. The van der Waals surface area contributed by atoms with E-state index >= 15 is 0 Å². The maximum Gasteiger partial charge on any atom is 0.133 e. The number of nitrogens with two attached hydrogens (primary N) is 1. The molecule has 4 heteroatoms. The summed E-state index contributed by atoms with van der Waals surface area (Å²) < 4.78 is 2.24. The van der Waals surface area contributed by atoms with Gasteiger partial charge in [-0.3, -0.25) is 0 Å². The van der Waals surface area contributed by atoms with Gasteiger partial charge in [-0.25, -0.2) is 0 Å². The van der Waals surface area contributed by atoms with Crippen LogP contribution in [0.15, 0.2) is 6.33 Å². The second kappa shape index (κ2) is 3.59. The van der Waals surface area contributed by atoms with Gasteiger partial charge in [-0.1, -0.05) is 0 Å². The summed E-state index contributed by atoms with van der Waals surface area (Å²) in [7, 11) is 0. The maximum absolute atomic E-state index is 5.78. The van der Waals surface area contributed by atoms with E-state index in [1.165, 1.54) is 18.7 Å². The molecule has 0 spiro atoms. The molecule has 1 aromatic heterocycles. The molecular formula is C11H18N4. The van der Waals surface area contributed by atoms with Crippen molar-refractivity contribution in [2.75, 3.05) is 0 Å². The third-order valence-corrected chi connectivity index (χ3v) is 3.59. The molecule has 4 nitrogen and oxygen atoms in total. The molecule has 1 heterocycles. The Bertz CT molecular complexity index is 336. The smallest absolute Gasteiger partial charge is 0.133 e. The van der Waals surface area contributed by atoms with Crippen LogP contribution >= 0.6 is 0 Å². The van der Waals surface area contributed by atoms with E-state index in [0.29, 0.717) is 6.04 Å². The summed E-state index contributed by atoms with van der Waals surface area (Å²) in [6, 6.07) is 0.440. The van der Waals surface area contributed by atoms with Crippen LogP contribution in [0.1, 0.15) is 31.5 Å². The monoisotopic (exact) mass is 206 g/mol. The number of aromatic nitrogens is 3. The molecule has 0 saturated heterocycles. The van der Waals surface area contributed by atoms with Crippen LogP contribution in [0.4, 0.5) is 0 Å². The van der Waals surface area contributed by atoms with Crippen molar-refractivity contribution >= 4 is 0 Å². The van der Waals surface area contributed by atoms with Crippen LogP contribution in [-0.2, 0) is 13.0 Å². The Kier molecular flexibility index (Phi) is 2.24. The lowest BCUT2D eigenvalue weighted by Crippen LogP contribution is -2.37. The molecule has 0 aliphatic heterocycles. The first-order valence-corrected chi connectivity index (χ1v) is 5.93. The molecule has 0 amide bonds. The Morgan fingerprint density at radius 1 is 1.33 bits per heavy atom. The highest BCUT2D eigenvalue weighted by Gasteiger charge is 2.28. The molecule has 82 valence electrons. The Morgan fingerprint density at radius 2 is 2.13 bits per heavy atom. The van der Waals surface area contributed by atoms with Gasteiger partial charge in [0.25, 0.3) is 0 Å². The summed E-state index contributed by atoms with van der Waals surface area (Å²) in [4.78, 5) is 0. The first kappa shape index (κ1) is 9.33. The molecule has 2 fully saturated rings. The molecule has 3 rings (SSSR count). The number of nitrogens with zero attached hydrogens (tertiary/aromatic N) is 3. The van der Waals surface area contributed by atoms with Crippen LogP contribution in [0.5, 0.6) is 0 Å². The van der Waals surface area contributed by atoms with Gasteiger partial charge in [0.2, 0.25) is 0 Å². The molecule has 0 unspecified atom stereocenters. The molecule has 0 atom stereocenters. The number of rotatable bonds is 4. The summed E-state index contributed by atoms with van der Waals surface area (Å²) in [5.41, 5.74) is 5.78. The van der Waals surface area contributed by atoms with Crippen LogP contribution in [-0.4, -0.2) is 20.8 Å². The van der Waals surface area contributed by atoms with Gasteiger partial charge in [-0.15, -0.1) is 10.2 Å². The van der Waals surface area contributed by atoms with Crippen molar-refractivity contribution in [1.29, 1.82) is 0 Å². The fraction of sp³-hybridized carbons (Fsp3) is 0.818. The van der Waals surface area contributed by atoms with E-state index in [9.17, 15) is 0 Å². The van der Waals surface area contributed by atoms with Gasteiger partial charge in [-0.05, 0) is 37.5 Å². The van der Waals surface area contributed by atoms with Gasteiger partial charge in [0.15, 0.2) is 0 Å². The van der Waals surface area contributed by atoms with Crippen molar-refractivity contribution in [3.05, 3.63) is 12.2 Å². The van der Waals surface area contributed by atoms with E-state index in [0.717, 1.165) is 37.6 Å². The lowest BCUT2D eigenvalue weighted by Gasteiger charge is -2.32. The van der Waals surface area contributed by atoms with Crippen molar-refractivity contribution < 1.29 is 0 Å². The van der Waals surface area contributed by atoms with E-state index in [-0.39, 0.29) is 0 Å². The molecule has 0 radical (unpaired) electrons. The summed E-state index contributed by atoms with van der Waals surface area (Å²) in [5.74, 6) is 2.81. The predicted molar refractivity (Wildman–Crippen MR) is 57.1 cm³/mol. The quantitative estimate of drug-likeness (QED) is 0.798. The second-order valence-electron chi connectivity index (χ2n) is 5.14. The van der Waals surface area contributed by atoms with Crippen molar-refractivity contribution in [3.8, 4) is 0 Å². The van der Waals surface area contributed by atoms with Crippen LogP contribution < -0.4 is 5.73 Å². The van der Waals surface area contributed by atoms with Crippen LogP contribution in [0.25, 0.3) is 0 Å². The normalized spacial score (nSPS) is 30.2. The van der Waals surface area contributed by atoms with E-state index in [1.807, 2.05) is 6.33 Å². The predicted octanol–water partition coefficient (Wildman–Crippen LogP) is 0.968. The first-order valence-electron chi connectivity index (χ1n) is 5.93. The Morgan fingerprint density at radius 3 is 2.80 bits per heavy atom. The van der Waals surface area contributed by atoms with Crippen molar-refractivity contribution in [2.45, 2.75) is 44.7 Å². The highest BCUT2D eigenvalue weighted by atomic mass is 15.3. The van der Waals surface area contributed by atoms with Crippen molar-refractivity contribution in [2.24, 2.45) is 17.6 Å². The van der Waals surface area contributed by atoms with Gasteiger partial charge in [0.05, 0.1) is 0 Å². The van der Waals surface area contributed by atoms with Crippen LogP contribution in [0.3, 0.4) is 0 Å². The van der Waals surface area contributed by atoms with E-state index in [1.54, 1.807) is 0 Å². The molecule has 2 saturated carbocycles. The largest absolute Gasteiger partial charge is 0.328 e. The fourth-order valence-corrected chi connectivity index (χ4v) is 2.38. The molecular weight excluding hydrogens is 188 g/mol. The lowest BCUT2D eigenvalue weighted by atomic mass is 9.79. The average molecular weight is 206 g/mol. The molecule has 2 aliphatic carbocycles. The first-order chi connectivity index (χ1) is 7.31. The summed E-state index contributed by atoms with van der Waals surface area (Å²) in [6.07, 6.45) is 8.04. The van der Waals surface area contributed by atoms with Gasteiger partial charge in [0.1, 0.15) is 12.2 Å². The standard InChI is InChI=1S/C11H18N4/c12-10-3-9(4-10)5-11-14-13-7-15(11)6-8-1-2-8/h7-10H,1-6,12H2. The Balaban J connectivity index is 1.60. The topological polar surface area (TPSA) is 56.7 Å². The highest BCUT2D eigenvalue weighted by molar-refractivity contribution is 4.95. The van der Waals surface area contributed by atoms with Crippen LogP contribution in [0.2, 0.25) is 0 Å². The number of hydrogen-bond acceptors (Lipinski definition) is 3. The minimum absolute atomic E-state index is 0.440. The van der Waals surface area contributed by atoms with E-state index in [2.05, 4.69) is 14.8 Å². The van der Waals surface area contributed by atoms with Crippen molar-refractivity contribution in [3.63, 3.8) is 0 Å². The SMILES string of the molecule is NC1CC(Cc2nncn2CC2CC2)C1. The fourth-order valence-electron chi connectivity index (χ4n) is 2.38. The molecule has 1 aromatic rings. The third kappa shape index (κ3) is 2.04. The van der Waals surface area contributed by atoms with Gasteiger partial charge < -0.3 is 10.3 Å². The van der Waals surface area contributed by atoms with Gasteiger partial charge in [0, 0.05) is 19.0 Å². The summed E-state index contributed by atoms with van der Waals surface area (Å²) >= 11 is 0. The molecule has 15 heavy (non-hydrogen) atoms. The van der Waals surface area contributed by atoms with Gasteiger partial charge in [-0.2, -0.15) is 0 Å². The van der Waals surface area contributed by atoms with E-state index in [4.69, 9.17) is 5.73 Å². The minimum Gasteiger partial charge on any atom is -0.328 e. The zero-order valence-electron chi connectivity index (χ0n) is 8.97. The van der Waals surface area contributed by atoms with E-state index < -0.39 is 0 Å². The molecule has 2 N–H and O–H groups in total. The summed E-state index contributed by atoms with van der Waals surface area (Å²) in [5, 5.41) is 8.23. The van der Waals surface area contributed by atoms with Gasteiger partial charge >= 0.3 is 0 Å².